The van der Waals surface area contributed by atoms with Crippen LogP contribution in [-0.4, -0.2) is 34.4 Å². The first-order chi connectivity index (χ1) is 16.6. The smallest absolute Gasteiger partial charge is 0.430 e. The number of benzene rings is 3. The van der Waals surface area contributed by atoms with Crippen molar-refractivity contribution < 1.29 is 50.5 Å². The van der Waals surface area contributed by atoms with Gasteiger partial charge in [-0.2, -0.15) is 26.3 Å². The molecule has 0 heterocycles. The molecular formula is C24H16F7NO4. The maximum atomic E-state index is 14.3. The number of nitrogens with one attached hydrogen (secondary N) is 1. The van der Waals surface area contributed by atoms with Gasteiger partial charge in [-0.3, -0.25) is 4.79 Å². The van der Waals surface area contributed by atoms with Crippen LogP contribution in [0.25, 0.3) is 11.1 Å². The molecule has 0 fully saturated rings. The zero-order valence-corrected chi connectivity index (χ0v) is 18.1. The molecule has 0 aliphatic carbocycles. The maximum absolute atomic E-state index is 14.3. The summed E-state index contributed by atoms with van der Waals surface area (Å²) < 4.78 is 96.5. The van der Waals surface area contributed by atoms with E-state index in [4.69, 9.17) is 5.11 Å². The van der Waals surface area contributed by atoms with Gasteiger partial charge in [0.15, 0.2) is 0 Å². The molecule has 0 atom stereocenters. The molecule has 3 N–H and O–H groups in total. The summed E-state index contributed by atoms with van der Waals surface area (Å²) in [5.74, 6) is -3.40. The van der Waals surface area contributed by atoms with Crippen molar-refractivity contribution >= 4 is 17.6 Å². The highest BCUT2D eigenvalue weighted by Crippen LogP contribution is 2.53. The molecule has 3 rings (SSSR count). The summed E-state index contributed by atoms with van der Waals surface area (Å²) in [7, 11) is 0. The Morgan fingerprint density at radius 2 is 1.44 bits per heavy atom. The number of carbonyl (C=O) groups is 2. The van der Waals surface area contributed by atoms with Gasteiger partial charge < -0.3 is 15.5 Å². The van der Waals surface area contributed by atoms with Crippen molar-refractivity contribution in [2.24, 2.45) is 0 Å². The minimum absolute atomic E-state index is 0.122. The van der Waals surface area contributed by atoms with Crippen LogP contribution in [0.2, 0.25) is 0 Å². The number of carboxylic acid groups (broad SMARTS) is 1. The molecule has 0 radical (unpaired) electrons. The van der Waals surface area contributed by atoms with Crippen LogP contribution in [0.3, 0.4) is 0 Å². The average molecular weight is 515 g/mol. The Bertz CT molecular complexity index is 1320. The van der Waals surface area contributed by atoms with Crippen molar-refractivity contribution in [1.29, 1.82) is 0 Å². The molecule has 36 heavy (non-hydrogen) atoms. The minimum atomic E-state index is -6.27. The van der Waals surface area contributed by atoms with Gasteiger partial charge >= 0.3 is 18.3 Å². The number of aliphatic hydroxyl groups is 1. The number of hydrogen-bond donors (Lipinski definition) is 3. The molecule has 3 aromatic carbocycles. The van der Waals surface area contributed by atoms with Crippen LogP contribution in [0.15, 0.2) is 60.7 Å². The molecule has 12 heteroatoms. The third-order valence-corrected chi connectivity index (χ3v) is 5.37. The molecule has 0 aliphatic heterocycles. The Morgan fingerprint density at radius 1 is 0.833 bits per heavy atom. The fraction of sp³-hybridized carbons (Fsp3) is 0.167. The zero-order chi connectivity index (χ0) is 27.1. The van der Waals surface area contributed by atoms with E-state index in [-0.39, 0.29) is 22.8 Å². The molecular weight excluding hydrogens is 499 g/mol. The van der Waals surface area contributed by atoms with Gasteiger partial charge in [0.25, 0.3) is 11.5 Å². The van der Waals surface area contributed by atoms with Crippen LogP contribution in [0.4, 0.5) is 36.4 Å². The van der Waals surface area contributed by atoms with E-state index in [2.05, 4.69) is 5.32 Å². The fourth-order valence-corrected chi connectivity index (χ4v) is 3.55. The highest BCUT2D eigenvalue weighted by molar-refractivity contribution is 6.05. The summed E-state index contributed by atoms with van der Waals surface area (Å²) in [6.07, 6.45) is -12.5. The molecule has 190 valence electrons. The lowest BCUT2D eigenvalue weighted by Crippen LogP contribution is -2.54. The number of rotatable bonds is 5. The lowest BCUT2D eigenvalue weighted by Gasteiger charge is -2.34. The third kappa shape index (κ3) is 4.76. The quantitative estimate of drug-likeness (QED) is 0.361. The van der Waals surface area contributed by atoms with Gasteiger partial charge in [-0.1, -0.05) is 24.3 Å². The van der Waals surface area contributed by atoms with E-state index in [1.54, 1.807) is 0 Å². The van der Waals surface area contributed by atoms with Gasteiger partial charge in [0.05, 0.1) is 5.56 Å². The number of amides is 1. The second-order valence-corrected chi connectivity index (χ2v) is 7.74. The van der Waals surface area contributed by atoms with Crippen LogP contribution < -0.4 is 5.32 Å². The second kappa shape index (κ2) is 9.26. The number of anilines is 1. The van der Waals surface area contributed by atoms with Crippen molar-refractivity contribution in [2.45, 2.75) is 24.9 Å². The molecule has 0 bridgehead atoms. The molecule has 0 spiro atoms. The summed E-state index contributed by atoms with van der Waals surface area (Å²) in [5.41, 5.74) is -9.35. The van der Waals surface area contributed by atoms with Gasteiger partial charge in [-0.15, -0.1) is 0 Å². The number of aryl methyl sites for hydroxylation is 1. The first kappa shape index (κ1) is 26.7. The van der Waals surface area contributed by atoms with Crippen LogP contribution in [-0.2, 0) is 5.60 Å². The van der Waals surface area contributed by atoms with Crippen molar-refractivity contribution in [3.8, 4) is 11.1 Å². The number of halogens is 7. The summed E-state index contributed by atoms with van der Waals surface area (Å²) >= 11 is 0. The normalized spacial score (nSPS) is 12.4. The Morgan fingerprint density at radius 3 is 1.97 bits per heavy atom. The van der Waals surface area contributed by atoms with Crippen molar-refractivity contribution in [3.05, 3.63) is 88.7 Å². The molecule has 0 saturated heterocycles. The monoisotopic (exact) mass is 515 g/mol. The topological polar surface area (TPSA) is 86.6 Å². The predicted molar refractivity (Wildman–Crippen MR) is 114 cm³/mol. The Kier molecular flexibility index (Phi) is 6.86. The lowest BCUT2D eigenvalue weighted by atomic mass is 9.85. The Hall–Kier alpha value is -3.93. The van der Waals surface area contributed by atoms with E-state index in [1.807, 2.05) is 0 Å². The molecule has 5 nitrogen and oxygen atoms in total. The van der Waals surface area contributed by atoms with E-state index >= 15 is 0 Å². The lowest BCUT2D eigenvalue weighted by molar-refractivity contribution is -0.376. The van der Waals surface area contributed by atoms with Crippen LogP contribution in [0.1, 0.15) is 31.8 Å². The standard InChI is InChI=1S/C24H16F7NO4/c1-12-10-13(6-8-15(12)21(34)35)20(33)32-14-7-9-16(17-4-2-3-5-19(17)25)18(11-14)22(36,23(26,27)28)24(29,30)31/h2-11,36H,1H3,(H,32,33)(H,34,35). The predicted octanol–water partition coefficient (Wildman–Crippen LogP) is 6.06. The van der Waals surface area contributed by atoms with Gasteiger partial charge in [-0.25, -0.2) is 9.18 Å². The summed E-state index contributed by atoms with van der Waals surface area (Å²) in [4.78, 5) is 23.7. The fourth-order valence-electron chi connectivity index (χ4n) is 3.55. The molecule has 0 unspecified atom stereocenters. The van der Waals surface area contributed by atoms with Gasteiger partial charge in [-0.05, 0) is 54.4 Å². The summed E-state index contributed by atoms with van der Waals surface area (Å²) in [6.45, 7) is 1.38. The molecule has 1 amide bonds. The average Bonchev–Trinajstić information content (AvgIpc) is 2.77. The zero-order valence-electron chi connectivity index (χ0n) is 18.1. The maximum Gasteiger partial charge on any atom is 0.430 e. The molecule has 3 aromatic rings. The van der Waals surface area contributed by atoms with Crippen LogP contribution >= 0.6 is 0 Å². The van der Waals surface area contributed by atoms with Crippen LogP contribution in [0.5, 0.6) is 0 Å². The number of carbonyl (C=O) groups excluding carboxylic acids is 1. The Labute approximate surface area is 198 Å². The molecule has 0 aliphatic rings. The Balaban J connectivity index is 2.17. The van der Waals surface area contributed by atoms with E-state index in [9.17, 15) is 45.4 Å². The first-order valence-electron chi connectivity index (χ1n) is 9.98. The summed E-state index contributed by atoms with van der Waals surface area (Å²) in [6, 6.07) is 9.39. The number of hydrogen-bond acceptors (Lipinski definition) is 3. The number of alkyl halides is 6. The SMILES string of the molecule is Cc1cc(C(=O)Nc2ccc(-c3ccccc3F)c(C(O)(C(F)(F)F)C(F)(F)F)c2)ccc1C(=O)O. The molecule has 0 saturated carbocycles. The third-order valence-electron chi connectivity index (χ3n) is 5.37. The van der Waals surface area contributed by atoms with Gasteiger partial charge in [0.1, 0.15) is 5.82 Å². The van der Waals surface area contributed by atoms with Crippen molar-refractivity contribution in [2.75, 3.05) is 5.32 Å². The highest BCUT2D eigenvalue weighted by atomic mass is 19.4. The number of aromatic carboxylic acids is 1. The van der Waals surface area contributed by atoms with Crippen molar-refractivity contribution in [3.63, 3.8) is 0 Å². The first-order valence-corrected chi connectivity index (χ1v) is 9.98. The van der Waals surface area contributed by atoms with E-state index in [0.29, 0.717) is 6.07 Å². The highest BCUT2D eigenvalue weighted by Gasteiger charge is 2.72. The van der Waals surface area contributed by atoms with E-state index in [1.165, 1.54) is 19.1 Å². The van der Waals surface area contributed by atoms with Crippen LogP contribution in [0, 0.1) is 12.7 Å². The van der Waals surface area contributed by atoms with Gasteiger partial charge in [0, 0.05) is 22.4 Å². The van der Waals surface area contributed by atoms with E-state index in [0.717, 1.165) is 36.4 Å². The number of carboxylic acids is 1. The minimum Gasteiger partial charge on any atom is -0.478 e. The molecule has 0 aromatic heterocycles. The van der Waals surface area contributed by atoms with Gasteiger partial charge in [0.2, 0.25) is 0 Å². The summed E-state index contributed by atoms with van der Waals surface area (Å²) in [5, 5.41) is 21.2. The van der Waals surface area contributed by atoms with E-state index < -0.39 is 58.0 Å². The largest absolute Gasteiger partial charge is 0.478 e. The second-order valence-electron chi connectivity index (χ2n) is 7.74. The van der Waals surface area contributed by atoms with Crippen molar-refractivity contribution in [1.82, 2.24) is 0 Å².